The number of nitrogens with zero attached hydrogens (tertiary/aromatic N) is 5. The van der Waals surface area contributed by atoms with Gasteiger partial charge in [-0.2, -0.15) is 18.3 Å². The number of piperazine rings is 1. The van der Waals surface area contributed by atoms with Gasteiger partial charge in [-0.25, -0.2) is 9.50 Å². The summed E-state index contributed by atoms with van der Waals surface area (Å²) < 4.78 is 48.9. The molecule has 2 aromatic heterocycles. The first kappa shape index (κ1) is 29.1. The third-order valence-electron chi connectivity index (χ3n) is 7.64. The fourth-order valence-electron chi connectivity index (χ4n) is 5.56. The molecule has 12 heteroatoms. The van der Waals surface area contributed by atoms with Crippen molar-refractivity contribution < 1.29 is 27.5 Å². The van der Waals surface area contributed by atoms with Gasteiger partial charge in [0.2, 0.25) is 5.91 Å². The van der Waals surface area contributed by atoms with Crippen molar-refractivity contribution >= 4 is 17.5 Å². The number of rotatable bonds is 6. The Labute approximate surface area is 240 Å². The Morgan fingerprint density at radius 3 is 2.36 bits per heavy atom. The van der Waals surface area contributed by atoms with Gasteiger partial charge in [0.15, 0.2) is 11.3 Å². The molecule has 1 unspecified atom stereocenters. The van der Waals surface area contributed by atoms with Gasteiger partial charge >= 0.3 is 6.18 Å². The second kappa shape index (κ2) is 11.4. The minimum Gasteiger partial charge on any atom is -0.497 e. The first-order valence-electron chi connectivity index (χ1n) is 13.5. The number of hydrogen-bond donors (Lipinski definition) is 1. The maximum atomic E-state index is 14.3. The molecule has 2 amide bonds. The number of methoxy groups -OCH3 is 1. The van der Waals surface area contributed by atoms with E-state index in [1.807, 2.05) is 42.2 Å². The zero-order chi connectivity index (χ0) is 30.2. The Bertz CT molecular complexity index is 1600. The third kappa shape index (κ3) is 5.29. The fraction of sp³-hybridized carbons (Fsp3) is 0.333. The molecule has 3 heterocycles. The molecule has 0 bridgehead atoms. The van der Waals surface area contributed by atoms with Gasteiger partial charge in [0.25, 0.3) is 5.91 Å². The first-order valence-corrected chi connectivity index (χ1v) is 13.5. The van der Waals surface area contributed by atoms with Crippen LogP contribution < -0.4 is 10.1 Å². The average Bonchev–Trinajstić information content (AvgIpc) is 3.39. The van der Waals surface area contributed by atoms with E-state index in [1.54, 1.807) is 36.2 Å². The summed E-state index contributed by atoms with van der Waals surface area (Å²) in [5, 5.41) is 6.69. The van der Waals surface area contributed by atoms with E-state index in [4.69, 9.17) is 4.74 Å². The zero-order valence-electron chi connectivity index (χ0n) is 23.6. The van der Waals surface area contributed by atoms with Gasteiger partial charge in [-0.15, -0.1) is 0 Å². The molecule has 9 nitrogen and oxygen atoms in total. The number of halogens is 3. The highest BCUT2D eigenvalue weighted by Gasteiger charge is 2.40. The molecule has 220 valence electrons. The van der Waals surface area contributed by atoms with Crippen molar-refractivity contribution in [2.75, 3.05) is 33.8 Å². The van der Waals surface area contributed by atoms with Gasteiger partial charge < -0.3 is 15.0 Å². The lowest BCUT2D eigenvalue weighted by Gasteiger charge is -2.42. The Kier molecular flexibility index (Phi) is 7.91. The highest BCUT2D eigenvalue weighted by Crippen LogP contribution is 2.37. The number of aromatic nitrogens is 3. The smallest absolute Gasteiger partial charge is 0.433 e. The van der Waals surface area contributed by atoms with E-state index in [9.17, 15) is 22.8 Å². The number of benzene rings is 2. The number of nitrogens with one attached hydrogen (secondary N) is 1. The molecule has 1 aliphatic rings. The largest absolute Gasteiger partial charge is 0.497 e. The topological polar surface area (TPSA) is 92.1 Å². The molecule has 2 aromatic carbocycles. The van der Waals surface area contributed by atoms with Crippen LogP contribution in [-0.2, 0) is 11.0 Å². The number of amides is 2. The van der Waals surface area contributed by atoms with Gasteiger partial charge in [0, 0.05) is 43.9 Å². The highest BCUT2D eigenvalue weighted by molar-refractivity contribution is 6.00. The molecule has 1 aliphatic heterocycles. The van der Waals surface area contributed by atoms with Crippen molar-refractivity contribution in [3.63, 3.8) is 0 Å². The van der Waals surface area contributed by atoms with Crippen LogP contribution in [0.3, 0.4) is 0 Å². The predicted molar refractivity (Wildman–Crippen MR) is 150 cm³/mol. The van der Waals surface area contributed by atoms with E-state index in [0.29, 0.717) is 28.9 Å². The van der Waals surface area contributed by atoms with Gasteiger partial charge in [-0.1, -0.05) is 30.3 Å². The van der Waals surface area contributed by atoms with Gasteiger partial charge in [-0.05, 0) is 43.7 Å². The summed E-state index contributed by atoms with van der Waals surface area (Å²) in [7, 11) is 3.08. The van der Waals surface area contributed by atoms with E-state index in [0.717, 1.165) is 11.8 Å². The number of carbonyl (C=O) groups is 2. The van der Waals surface area contributed by atoms with Crippen molar-refractivity contribution in [2.24, 2.45) is 0 Å². The van der Waals surface area contributed by atoms with E-state index in [-0.39, 0.29) is 41.0 Å². The lowest BCUT2D eigenvalue weighted by molar-refractivity contribution is -0.143. The number of likely N-dealkylation sites (N-methyl/N-ethyl adjacent to an activating group) is 1. The second-order valence-corrected chi connectivity index (χ2v) is 10.2. The molecular formula is C30H31F3N6O3. The van der Waals surface area contributed by atoms with Crippen LogP contribution in [-0.4, -0.2) is 76.0 Å². The maximum absolute atomic E-state index is 14.3. The molecular weight excluding hydrogens is 549 g/mol. The number of hydrogen-bond acceptors (Lipinski definition) is 6. The Hall–Kier alpha value is -4.45. The maximum Gasteiger partial charge on any atom is 0.433 e. The standard InChI is InChI=1S/C30H31F3N6O3/c1-18-17-37(25(28(40)34-3)21-8-6-5-7-9-21)14-15-38(18)29(41)23-16-35-39-26(30(31,32)33)19(2)24(36-27(23)39)20-10-12-22(42-4)13-11-20/h5-13,16,18,25H,14-15,17H2,1-4H3,(H,34,40)/t18-,25?/m1/s1. The molecule has 1 fully saturated rings. The summed E-state index contributed by atoms with van der Waals surface area (Å²) in [6.07, 6.45) is -3.60. The van der Waals surface area contributed by atoms with Gasteiger partial charge in [0.1, 0.15) is 17.4 Å². The van der Waals surface area contributed by atoms with Crippen LogP contribution >= 0.6 is 0 Å². The molecule has 0 radical (unpaired) electrons. The lowest BCUT2D eigenvalue weighted by atomic mass is 10.0. The highest BCUT2D eigenvalue weighted by atomic mass is 19.4. The average molecular weight is 581 g/mol. The van der Waals surface area contributed by atoms with Crippen LogP contribution in [0.1, 0.15) is 40.1 Å². The van der Waals surface area contributed by atoms with Gasteiger partial charge in [-0.3, -0.25) is 14.5 Å². The quantitative estimate of drug-likeness (QED) is 0.364. The Balaban J connectivity index is 1.50. The van der Waals surface area contributed by atoms with Crippen molar-refractivity contribution in [2.45, 2.75) is 32.1 Å². The second-order valence-electron chi connectivity index (χ2n) is 10.2. The fourth-order valence-corrected chi connectivity index (χ4v) is 5.56. The summed E-state index contributed by atoms with van der Waals surface area (Å²) >= 11 is 0. The summed E-state index contributed by atoms with van der Waals surface area (Å²) in [4.78, 5) is 34.8. The van der Waals surface area contributed by atoms with Crippen LogP contribution in [0.2, 0.25) is 0 Å². The van der Waals surface area contributed by atoms with Crippen molar-refractivity contribution in [3.8, 4) is 17.0 Å². The number of carbonyl (C=O) groups excluding carboxylic acids is 2. The minimum atomic E-state index is -4.75. The first-order chi connectivity index (χ1) is 20.0. The molecule has 4 aromatic rings. The number of fused-ring (bicyclic) bond motifs is 1. The van der Waals surface area contributed by atoms with Crippen LogP contribution in [0.4, 0.5) is 13.2 Å². The molecule has 1 N–H and O–H groups in total. The summed E-state index contributed by atoms with van der Waals surface area (Å²) in [6.45, 7) is 4.23. The normalized spacial score (nSPS) is 16.8. The predicted octanol–water partition coefficient (Wildman–Crippen LogP) is 4.37. The summed E-state index contributed by atoms with van der Waals surface area (Å²) in [5.41, 5.74) is 0.0752. The molecule has 2 atom stereocenters. The van der Waals surface area contributed by atoms with Crippen LogP contribution in [0, 0.1) is 6.92 Å². The summed E-state index contributed by atoms with van der Waals surface area (Å²) in [6, 6.07) is 15.0. The van der Waals surface area contributed by atoms with Crippen LogP contribution in [0.5, 0.6) is 5.75 Å². The van der Waals surface area contributed by atoms with E-state index in [1.165, 1.54) is 14.0 Å². The molecule has 5 rings (SSSR count). The molecule has 0 saturated carbocycles. The minimum absolute atomic E-state index is 0.0264. The Morgan fingerprint density at radius 1 is 1.07 bits per heavy atom. The van der Waals surface area contributed by atoms with E-state index >= 15 is 0 Å². The number of alkyl halides is 3. The van der Waals surface area contributed by atoms with Crippen LogP contribution in [0.25, 0.3) is 16.9 Å². The third-order valence-corrected chi connectivity index (χ3v) is 7.64. The van der Waals surface area contributed by atoms with Crippen molar-refractivity contribution in [3.05, 3.63) is 83.2 Å². The molecule has 42 heavy (non-hydrogen) atoms. The van der Waals surface area contributed by atoms with E-state index in [2.05, 4.69) is 15.4 Å². The number of ether oxygens (including phenoxy) is 1. The molecule has 1 saturated heterocycles. The van der Waals surface area contributed by atoms with Crippen molar-refractivity contribution in [1.82, 2.24) is 29.7 Å². The van der Waals surface area contributed by atoms with Crippen molar-refractivity contribution in [1.29, 1.82) is 0 Å². The zero-order valence-corrected chi connectivity index (χ0v) is 23.6. The van der Waals surface area contributed by atoms with E-state index < -0.39 is 23.8 Å². The van der Waals surface area contributed by atoms with Crippen LogP contribution in [0.15, 0.2) is 60.8 Å². The van der Waals surface area contributed by atoms with Gasteiger partial charge in [0.05, 0.1) is 19.0 Å². The summed E-state index contributed by atoms with van der Waals surface area (Å²) in [5.74, 6) is -0.0903. The lowest BCUT2D eigenvalue weighted by Crippen LogP contribution is -2.56. The SMILES string of the molecule is CNC(=O)C(c1ccccc1)N1CCN(C(=O)c2cnn3c(C(F)(F)F)c(C)c(-c4ccc(OC)cc4)nc23)[C@H](C)C1. The Morgan fingerprint density at radius 2 is 1.76 bits per heavy atom. The monoisotopic (exact) mass is 580 g/mol. The molecule has 0 aliphatic carbocycles. The molecule has 0 spiro atoms.